The van der Waals surface area contributed by atoms with Crippen LogP contribution in [0.15, 0.2) is 46.3 Å². The average Bonchev–Trinajstić information content (AvgIpc) is 3.61. The van der Waals surface area contributed by atoms with Gasteiger partial charge in [0.1, 0.15) is 0 Å². The highest BCUT2D eigenvalue weighted by molar-refractivity contribution is 7.99. The molecule has 0 saturated heterocycles. The topological polar surface area (TPSA) is 121 Å². The van der Waals surface area contributed by atoms with E-state index in [9.17, 15) is 14.4 Å². The van der Waals surface area contributed by atoms with E-state index in [0.29, 0.717) is 46.3 Å². The van der Waals surface area contributed by atoms with E-state index >= 15 is 0 Å². The maximum absolute atomic E-state index is 13.6. The summed E-state index contributed by atoms with van der Waals surface area (Å²) in [6.45, 7) is 1.17. The second kappa shape index (κ2) is 11.9. The van der Waals surface area contributed by atoms with Gasteiger partial charge in [-0.15, -0.1) is 0 Å². The molecule has 1 aromatic heterocycles. The highest BCUT2D eigenvalue weighted by Gasteiger charge is 2.20. The second-order valence-corrected chi connectivity index (χ2v) is 10.2. The van der Waals surface area contributed by atoms with Gasteiger partial charge in [-0.1, -0.05) is 30.7 Å². The van der Waals surface area contributed by atoms with E-state index in [1.165, 1.54) is 11.8 Å². The highest BCUT2D eigenvalue weighted by Crippen LogP contribution is 2.33. The van der Waals surface area contributed by atoms with Crippen LogP contribution in [0.2, 0.25) is 0 Å². The fraction of sp³-hybridized carbons (Fsp3) is 0.407. The molecule has 10 nitrogen and oxygen atoms in total. The lowest BCUT2D eigenvalue weighted by molar-refractivity contribution is -0.119. The number of rotatable bonds is 10. The van der Waals surface area contributed by atoms with E-state index in [0.717, 1.165) is 31.2 Å². The fourth-order valence-corrected chi connectivity index (χ4v) is 5.46. The third-order valence-electron chi connectivity index (χ3n) is 6.60. The third kappa shape index (κ3) is 5.94. The molecule has 2 heterocycles. The number of thioether (sulfide) groups is 1. The monoisotopic (exact) mass is 538 g/mol. The summed E-state index contributed by atoms with van der Waals surface area (Å²) in [6, 6.07) is 10.6. The molecule has 0 spiro atoms. The van der Waals surface area contributed by atoms with E-state index in [2.05, 4.69) is 10.6 Å². The summed E-state index contributed by atoms with van der Waals surface area (Å²) in [4.78, 5) is 43.6. The van der Waals surface area contributed by atoms with Gasteiger partial charge in [-0.2, -0.15) is 0 Å². The van der Waals surface area contributed by atoms with E-state index < -0.39 is 0 Å². The van der Waals surface area contributed by atoms with Crippen molar-refractivity contribution < 1.29 is 23.8 Å². The first kappa shape index (κ1) is 26.1. The van der Waals surface area contributed by atoms with Crippen molar-refractivity contribution in [1.29, 1.82) is 0 Å². The second-order valence-electron chi connectivity index (χ2n) is 9.29. The summed E-state index contributed by atoms with van der Waals surface area (Å²) in [7, 11) is 1.56. The minimum absolute atomic E-state index is 0.0860. The highest BCUT2D eigenvalue weighted by atomic mass is 32.2. The lowest BCUT2D eigenvalue weighted by Gasteiger charge is -2.15. The van der Waals surface area contributed by atoms with Crippen LogP contribution in [0.4, 0.5) is 0 Å². The van der Waals surface area contributed by atoms with Gasteiger partial charge >= 0.3 is 0 Å². The van der Waals surface area contributed by atoms with Crippen LogP contribution in [0, 0.1) is 0 Å². The molecule has 0 radical (unpaired) electrons. The Morgan fingerprint density at radius 3 is 2.76 bits per heavy atom. The zero-order chi connectivity index (χ0) is 26.5. The Balaban J connectivity index is 1.44. The van der Waals surface area contributed by atoms with Crippen molar-refractivity contribution in [2.75, 3.05) is 32.8 Å². The summed E-state index contributed by atoms with van der Waals surface area (Å²) in [5.41, 5.74) is 1.38. The first-order chi connectivity index (χ1) is 18.5. The maximum Gasteiger partial charge on any atom is 0.262 e. The molecule has 1 saturated carbocycles. The Hall–Kier alpha value is -3.57. The summed E-state index contributed by atoms with van der Waals surface area (Å²) < 4.78 is 17.4. The molecule has 2 aromatic carbocycles. The van der Waals surface area contributed by atoms with Gasteiger partial charge in [-0.25, -0.2) is 4.98 Å². The lowest BCUT2D eigenvalue weighted by Crippen LogP contribution is -2.34. The third-order valence-corrected chi connectivity index (χ3v) is 7.58. The zero-order valence-corrected chi connectivity index (χ0v) is 22.0. The minimum atomic E-state index is -0.277. The number of nitrogens with one attached hydrogen (secondary N) is 2. The molecule has 1 aliphatic heterocycles. The van der Waals surface area contributed by atoms with Gasteiger partial charge in [0.2, 0.25) is 12.7 Å². The molecule has 2 amide bonds. The van der Waals surface area contributed by atoms with Crippen LogP contribution in [0.1, 0.15) is 41.6 Å². The van der Waals surface area contributed by atoms with Gasteiger partial charge in [-0.05, 0) is 48.7 Å². The molecule has 0 atom stereocenters. The van der Waals surface area contributed by atoms with Crippen LogP contribution in [0.3, 0.4) is 0 Å². The molecule has 1 fully saturated rings. The van der Waals surface area contributed by atoms with Crippen molar-refractivity contribution in [3.8, 4) is 11.5 Å². The number of ether oxygens (including phenoxy) is 3. The zero-order valence-electron chi connectivity index (χ0n) is 21.2. The SMILES string of the molecule is COCCNC(=O)c1ccc2c(=O)n(Cc3ccc4c(c3)OCO4)c(SCC(=O)NC3CCCC3)nc2c1. The van der Waals surface area contributed by atoms with Gasteiger partial charge in [0, 0.05) is 25.3 Å². The molecule has 2 N–H and O–H groups in total. The molecule has 0 unspecified atom stereocenters. The predicted molar refractivity (Wildman–Crippen MR) is 143 cm³/mol. The molecule has 200 valence electrons. The molecule has 11 heteroatoms. The number of hydrogen-bond donors (Lipinski definition) is 2. The first-order valence-electron chi connectivity index (χ1n) is 12.6. The van der Waals surface area contributed by atoms with Crippen molar-refractivity contribution in [2.45, 2.75) is 43.4 Å². The Bertz CT molecular complexity index is 1400. The molecule has 3 aromatic rings. The molecule has 38 heavy (non-hydrogen) atoms. The number of aromatic nitrogens is 2. The molecular weight excluding hydrogens is 508 g/mol. The van der Waals surface area contributed by atoms with Crippen LogP contribution < -0.4 is 25.7 Å². The normalized spacial score (nSPS) is 14.7. The Kier molecular flexibility index (Phi) is 8.14. The summed E-state index contributed by atoms with van der Waals surface area (Å²) in [5, 5.41) is 6.65. The van der Waals surface area contributed by atoms with E-state index in [4.69, 9.17) is 19.2 Å². The van der Waals surface area contributed by atoms with Gasteiger partial charge in [-0.3, -0.25) is 19.0 Å². The van der Waals surface area contributed by atoms with Crippen molar-refractivity contribution in [1.82, 2.24) is 20.2 Å². The van der Waals surface area contributed by atoms with Crippen LogP contribution in [0.25, 0.3) is 10.9 Å². The maximum atomic E-state index is 13.6. The van der Waals surface area contributed by atoms with Crippen LogP contribution in [0.5, 0.6) is 11.5 Å². The van der Waals surface area contributed by atoms with Gasteiger partial charge in [0.15, 0.2) is 16.7 Å². The molecule has 2 aliphatic rings. The number of carbonyl (C=O) groups is 2. The number of methoxy groups -OCH3 is 1. The van der Waals surface area contributed by atoms with Crippen LogP contribution in [-0.2, 0) is 16.1 Å². The summed E-state index contributed by atoms with van der Waals surface area (Å²) in [6.07, 6.45) is 4.24. The summed E-state index contributed by atoms with van der Waals surface area (Å²) in [5.74, 6) is 1.05. The predicted octanol–water partition coefficient (Wildman–Crippen LogP) is 2.70. The van der Waals surface area contributed by atoms with Crippen LogP contribution >= 0.6 is 11.8 Å². The molecule has 0 bridgehead atoms. The Labute approximate surface area is 224 Å². The number of amides is 2. The van der Waals surface area contributed by atoms with E-state index in [1.54, 1.807) is 29.9 Å². The van der Waals surface area contributed by atoms with Gasteiger partial charge in [0.05, 0.1) is 29.8 Å². The van der Waals surface area contributed by atoms with Gasteiger partial charge in [0.25, 0.3) is 11.5 Å². The molecule has 1 aliphatic carbocycles. The quantitative estimate of drug-likeness (QED) is 0.230. The van der Waals surface area contributed by atoms with Crippen molar-refractivity contribution in [3.63, 3.8) is 0 Å². The first-order valence-corrected chi connectivity index (χ1v) is 13.6. The van der Waals surface area contributed by atoms with Crippen molar-refractivity contribution >= 4 is 34.5 Å². The minimum Gasteiger partial charge on any atom is -0.454 e. The number of fused-ring (bicyclic) bond motifs is 2. The standard InChI is InChI=1S/C27H30N4O6S/c1-35-11-10-28-25(33)18-7-8-20-21(13-18)30-27(38-15-24(32)29-19-4-2-3-5-19)31(26(20)34)14-17-6-9-22-23(12-17)37-16-36-22/h6-9,12-13,19H,2-5,10-11,14-16H2,1H3,(H,28,33)(H,29,32). The lowest BCUT2D eigenvalue weighted by atomic mass is 10.1. The van der Waals surface area contributed by atoms with Gasteiger partial charge < -0.3 is 24.8 Å². The average molecular weight is 539 g/mol. The van der Waals surface area contributed by atoms with Crippen molar-refractivity contribution in [2.24, 2.45) is 0 Å². The summed E-state index contributed by atoms with van der Waals surface area (Å²) >= 11 is 1.21. The number of nitrogens with zero attached hydrogens (tertiary/aromatic N) is 2. The number of carbonyl (C=O) groups excluding carboxylic acids is 2. The Morgan fingerprint density at radius 2 is 1.95 bits per heavy atom. The largest absolute Gasteiger partial charge is 0.454 e. The number of benzene rings is 2. The van der Waals surface area contributed by atoms with Crippen LogP contribution in [-0.4, -0.2) is 60.2 Å². The van der Waals surface area contributed by atoms with E-state index in [1.807, 2.05) is 18.2 Å². The molecule has 5 rings (SSSR count). The smallest absolute Gasteiger partial charge is 0.262 e. The fourth-order valence-electron chi connectivity index (χ4n) is 4.65. The number of hydrogen-bond acceptors (Lipinski definition) is 8. The molecular formula is C27H30N4O6S. The van der Waals surface area contributed by atoms with E-state index in [-0.39, 0.29) is 42.5 Å². The Morgan fingerprint density at radius 1 is 1.13 bits per heavy atom. The van der Waals surface area contributed by atoms with Crippen molar-refractivity contribution in [3.05, 3.63) is 57.9 Å².